The summed E-state index contributed by atoms with van der Waals surface area (Å²) in [5.74, 6) is -0.285. The third-order valence-electron chi connectivity index (χ3n) is 1.37. The van der Waals surface area contributed by atoms with Crippen molar-refractivity contribution >= 4 is 17.3 Å². The van der Waals surface area contributed by atoms with Gasteiger partial charge in [0.05, 0.1) is 12.0 Å². The van der Waals surface area contributed by atoms with Crippen molar-refractivity contribution < 1.29 is 15.3 Å². The van der Waals surface area contributed by atoms with Crippen molar-refractivity contribution in [1.82, 2.24) is 0 Å². The van der Waals surface area contributed by atoms with E-state index in [0.29, 0.717) is 0 Å². The van der Waals surface area contributed by atoms with Crippen molar-refractivity contribution in [3.8, 4) is 0 Å². The van der Waals surface area contributed by atoms with E-state index < -0.39 is 0 Å². The van der Waals surface area contributed by atoms with E-state index in [1.807, 2.05) is 17.5 Å². The summed E-state index contributed by atoms with van der Waals surface area (Å²) in [6, 6.07) is 3.39. The number of carbonyl (C=O) groups is 1. The highest BCUT2D eigenvalue weighted by atomic mass is 32.1. The molecule has 11 heavy (non-hydrogen) atoms. The van der Waals surface area contributed by atoms with E-state index in [-0.39, 0.29) is 12.0 Å². The monoisotopic (exact) mass is 172 g/mol. The number of hydrogen-bond acceptors (Lipinski definition) is 3. The van der Waals surface area contributed by atoms with Crippen molar-refractivity contribution in [1.29, 1.82) is 0 Å². The number of esters is 1. The minimum Gasteiger partial charge on any atom is -0.464 e. The first kappa shape index (κ1) is 8.23. The van der Waals surface area contributed by atoms with Gasteiger partial charge in [0.25, 0.3) is 0 Å². The molecule has 3 nitrogen and oxygen atoms in total. The molecule has 0 unspecified atom stereocenters. The Labute approximate surface area is 68.8 Å². The molecule has 1 rings (SSSR count). The Morgan fingerprint density at radius 2 is 2.55 bits per heavy atom. The number of rotatable bonds is 2. The number of thiophene rings is 1. The van der Waals surface area contributed by atoms with Gasteiger partial charge in [0.1, 0.15) is 0 Å². The molecule has 1 atom stereocenters. The quantitative estimate of drug-likeness (QED) is 0.648. The molecule has 1 aromatic rings. The molecular weight excluding hydrogens is 162 g/mol. The first-order valence-corrected chi connectivity index (χ1v) is 4.08. The summed E-state index contributed by atoms with van der Waals surface area (Å²) < 4.78 is 4.54. The maximum atomic E-state index is 10.9. The molecule has 60 valence electrons. The summed E-state index contributed by atoms with van der Waals surface area (Å²) in [5.41, 5.74) is 3.69. The van der Waals surface area contributed by atoms with E-state index in [0.717, 1.165) is 4.88 Å². The molecule has 0 aliphatic rings. The molecule has 4 heteroatoms. The highest BCUT2D eigenvalue weighted by Crippen LogP contribution is 2.15. The van der Waals surface area contributed by atoms with E-state index >= 15 is 0 Å². The standard InChI is InChI=1S/C7H9NO2S/c1-10-7(9)6(8)5-3-2-4-11-5/h2-4,6H,8H2,1H3/p+1/t6-/m1/s1. The Bertz CT molecular complexity index is 233. The second-order valence-electron chi connectivity index (χ2n) is 2.09. The molecule has 3 N–H and O–H groups in total. The average Bonchev–Trinajstić information content (AvgIpc) is 2.53. The molecule has 1 heterocycles. The fraction of sp³-hybridized carbons (Fsp3) is 0.286. The third-order valence-corrected chi connectivity index (χ3v) is 2.36. The fourth-order valence-electron chi connectivity index (χ4n) is 0.748. The highest BCUT2D eigenvalue weighted by molar-refractivity contribution is 7.10. The zero-order valence-corrected chi connectivity index (χ0v) is 7.06. The van der Waals surface area contributed by atoms with Crippen LogP contribution in [0.15, 0.2) is 17.5 Å². The Morgan fingerprint density at radius 3 is 3.00 bits per heavy atom. The Hall–Kier alpha value is -0.870. The first-order valence-electron chi connectivity index (χ1n) is 3.20. The predicted octanol–water partition coefficient (Wildman–Crippen LogP) is 0.204. The van der Waals surface area contributed by atoms with Crippen LogP contribution in [0.1, 0.15) is 10.9 Å². The molecule has 0 aliphatic heterocycles. The summed E-state index contributed by atoms with van der Waals surface area (Å²) >= 11 is 1.51. The van der Waals surface area contributed by atoms with Crippen LogP contribution in [-0.2, 0) is 9.53 Å². The van der Waals surface area contributed by atoms with Gasteiger partial charge in [-0.15, -0.1) is 11.3 Å². The van der Waals surface area contributed by atoms with Gasteiger partial charge in [0.2, 0.25) is 6.04 Å². The topological polar surface area (TPSA) is 53.9 Å². The average molecular weight is 172 g/mol. The number of hydrogen-bond donors (Lipinski definition) is 1. The lowest BCUT2D eigenvalue weighted by Crippen LogP contribution is -2.57. The molecule has 0 aromatic carbocycles. The molecule has 0 saturated heterocycles. The van der Waals surface area contributed by atoms with Gasteiger partial charge in [-0.05, 0) is 11.4 Å². The van der Waals surface area contributed by atoms with Crippen LogP contribution in [0, 0.1) is 0 Å². The second kappa shape index (κ2) is 3.50. The van der Waals surface area contributed by atoms with Crippen LogP contribution in [0.25, 0.3) is 0 Å². The number of methoxy groups -OCH3 is 1. The molecule has 0 spiro atoms. The number of ether oxygens (including phenoxy) is 1. The molecule has 0 saturated carbocycles. The van der Waals surface area contributed by atoms with E-state index in [2.05, 4.69) is 10.5 Å². The lowest BCUT2D eigenvalue weighted by molar-refractivity contribution is -0.413. The van der Waals surface area contributed by atoms with Gasteiger partial charge in [-0.3, -0.25) is 0 Å². The van der Waals surface area contributed by atoms with Crippen LogP contribution in [0.4, 0.5) is 0 Å². The van der Waals surface area contributed by atoms with E-state index in [4.69, 9.17) is 0 Å². The third kappa shape index (κ3) is 1.78. The van der Waals surface area contributed by atoms with E-state index in [1.54, 1.807) is 0 Å². The lowest BCUT2D eigenvalue weighted by Gasteiger charge is -2.01. The molecule has 0 fully saturated rings. The van der Waals surface area contributed by atoms with Gasteiger partial charge in [0, 0.05) is 0 Å². The van der Waals surface area contributed by atoms with Gasteiger partial charge in [-0.2, -0.15) is 0 Å². The van der Waals surface area contributed by atoms with Crippen LogP contribution in [0.2, 0.25) is 0 Å². The van der Waals surface area contributed by atoms with Crippen LogP contribution in [0.3, 0.4) is 0 Å². The Balaban J connectivity index is 2.70. The molecular formula is C7H10NO2S+. The highest BCUT2D eigenvalue weighted by Gasteiger charge is 2.20. The molecule has 0 radical (unpaired) electrons. The van der Waals surface area contributed by atoms with Crippen molar-refractivity contribution in [2.45, 2.75) is 6.04 Å². The predicted molar refractivity (Wildman–Crippen MR) is 42.0 cm³/mol. The summed E-state index contributed by atoms with van der Waals surface area (Å²) in [7, 11) is 1.37. The van der Waals surface area contributed by atoms with Crippen LogP contribution < -0.4 is 5.73 Å². The van der Waals surface area contributed by atoms with Gasteiger partial charge in [0.15, 0.2) is 0 Å². The Kier molecular flexibility index (Phi) is 2.62. The number of quaternary nitrogens is 1. The van der Waals surface area contributed by atoms with Crippen LogP contribution in [-0.4, -0.2) is 13.1 Å². The van der Waals surface area contributed by atoms with E-state index in [9.17, 15) is 4.79 Å². The van der Waals surface area contributed by atoms with Gasteiger partial charge >= 0.3 is 5.97 Å². The summed E-state index contributed by atoms with van der Waals surface area (Å²) in [6.07, 6.45) is 0. The first-order chi connectivity index (χ1) is 5.25. The summed E-state index contributed by atoms with van der Waals surface area (Å²) in [5, 5.41) is 1.91. The second-order valence-corrected chi connectivity index (χ2v) is 3.07. The van der Waals surface area contributed by atoms with Crippen molar-refractivity contribution in [3.63, 3.8) is 0 Å². The summed E-state index contributed by atoms with van der Waals surface area (Å²) in [6.45, 7) is 0. The smallest absolute Gasteiger partial charge is 0.370 e. The van der Waals surface area contributed by atoms with E-state index in [1.165, 1.54) is 18.4 Å². The zero-order chi connectivity index (χ0) is 8.27. The Morgan fingerprint density at radius 1 is 1.82 bits per heavy atom. The SMILES string of the molecule is COC(=O)[C@H]([NH3+])c1cccs1. The lowest BCUT2D eigenvalue weighted by atomic mass is 10.3. The van der Waals surface area contributed by atoms with Gasteiger partial charge in [-0.1, -0.05) is 6.07 Å². The van der Waals surface area contributed by atoms with Gasteiger partial charge in [-0.25, -0.2) is 4.79 Å². The van der Waals surface area contributed by atoms with Gasteiger partial charge < -0.3 is 10.5 Å². The van der Waals surface area contributed by atoms with Crippen molar-refractivity contribution in [2.24, 2.45) is 0 Å². The summed E-state index contributed by atoms with van der Waals surface area (Å²) in [4.78, 5) is 11.9. The minimum absolute atomic E-state index is 0.285. The van der Waals surface area contributed by atoms with Crippen molar-refractivity contribution in [3.05, 3.63) is 22.4 Å². The fourth-order valence-corrected chi connectivity index (χ4v) is 1.48. The molecule has 1 aromatic heterocycles. The normalized spacial score (nSPS) is 12.5. The minimum atomic E-state index is -0.375. The van der Waals surface area contributed by atoms with Crippen molar-refractivity contribution in [2.75, 3.05) is 7.11 Å². The maximum absolute atomic E-state index is 10.9. The number of carbonyl (C=O) groups excluding carboxylic acids is 1. The van der Waals surface area contributed by atoms with Crippen LogP contribution in [0.5, 0.6) is 0 Å². The zero-order valence-electron chi connectivity index (χ0n) is 6.24. The molecule has 0 aliphatic carbocycles. The molecule has 0 bridgehead atoms. The molecule has 0 amide bonds. The maximum Gasteiger partial charge on any atom is 0.370 e. The van der Waals surface area contributed by atoms with Crippen LogP contribution >= 0.6 is 11.3 Å². The largest absolute Gasteiger partial charge is 0.464 e.